The Hall–Kier alpha value is -1.75. The molecule has 0 aromatic heterocycles. The molecule has 0 radical (unpaired) electrons. The quantitative estimate of drug-likeness (QED) is 0.711. The van der Waals surface area contributed by atoms with Crippen LogP contribution in [0.25, 0.3) is 0 Å². The number of hydrogen-bond acceptors (Lipinski definition) is 4. The molecule has 0 heterocycles. The summed E-state index contributed by atoms with van der Waals surface area (Å²) in [5.41, 5.74) is 5.65. The molecule has 0 saturated carbocycles. The van der Waals surface area contributed by atoms with Gasteiger partial charge < -0.3 is 20.9 Å². The summed E-state index contributed by atoms with van der Waals surface area (Å²) < 4.78 is 4.96. The van der Waals surface area contributed by atoms with E-state index in [1.165, 1.54) is 13.2 Å². The van der Waals surface area contributed by atoms with Gasteiger partial charge in [-0.25, -0.2) is 0 Å². The molecule has 1 atom stereocenters. The van der Waals surface area contributed by atoms with E-state index in [-0.39, 0.29) is 23.3 Å². The average molecular weight is 252 g/mol. The highest BCUT2D eigenvalue weighted by atomic mass is 16.5. The van der Waals surface area contributed by atoms with Gasteiger partial charge in [0.05, 0.1) is 12.7 Å². The first-order chi connectivity index (χ1) is 8.58. The van der Waals surface area contributed by atoms with Crippen LogP contribution in [-0.4, -0.2) is 30.7 Å². The highest BCUT2D eigenvalue weighted by molar-refractivity contribution is 5.97. The Morgan fingerprint density at radius 2 is 2.28 bits per heavy atom. The molecule has 1 amide bonds. The third kappa shape index (κ3) is 3.92. The van der Waals surface area contributed by atoms with Crippen molar-refractivity contribution in [1.82, 2.24) is 5.32 Å². The summed E-state index contributed by atoms with van der Waals surface area (Å²) >= 11 is 0. The summed E-state index contributed by atoms with van der Waals surface area (Å²) in [7, 11) is 1.50. The van der Waals surface area contributed by atoms with Crippen molar-refractivity contribution in [3.8, 4) is 11.5 Å². The summed E-state index contributed by atoms with van der Waals surface area (Å²) in [6.07, 6.45) is 1.68. The number of carbonyl (C=O) groups is 1. The summed E-state index contributed by atoms with van der Waals surface area (Å²) in [4.78, 5) is 11.9. The lowest BCUT2D eigenvalue weighted by molar-refractivity contribution is 0.0935. The maximum Gasteiger partial charge on any atom is 0.255 e. The predicted molar refractivity (Wildman–Crippen MR) is 69.9 cm³/mol. The van der Waals surface area contributed by atoms with Gasteiger partial charge in [-0.1, -0.05) is 0 Å². The number of nitrogens with two attached hydrogens (primary N) is 1. The molecule has 1 unspecified atom stereocenters. The van der Waals surface area contributed by atoms with Crippen molar-refractivity contribution in [3.63, 3.8) is 0 Å². The van der Waals surface area contributed by atoms with E-state index >= 15 is 0 Å². The second-order valence-corrected chi connectivity index (χ2v) is 4.19. The van der Waals surface area contributed by atoms with Gasteiger partial charge in [0.25, 0.3) is 5.91 Å². The second kappa shape index (κ2) is 6.86. The normalized spacial score (nSPS) is 11.9. The molecule has 5 nitrogen and oxygen atoms in total. The molecule has 0 spiro atoms. The van der Waals surface area contributed by atoms with E-state index in [4.69, 9.17) is 10.5 Å². The summed E-state index contributed by atoms with van der Waals surface area (Å²) in [6.45, 7) is 2.52. The Labute approximate surface area is 107 Å². The van der Waals surface area contributed by atoms with Gasteiger partial charge in [-0.2, -0.15) is 0 Å². The van der Waals surface area contributed by atoms with Crippen LogP contribution in [0.5, 0.6) is 11.5 Å². The molecule has 0 fully saturated rings. The fourth-order valence-electron chi connectivity index (χ4n) is 1.63. The Morgan fingerprint density at radius 1 is 1.56 bits per heavy atom. The van der Waals surface area contributed by atoms with Crippen molar-refractivity contribution < 1.29 is 14.6 Å². The van der Waals surface area contributed by atoms with Gasteiger partial charge in [-0.15, -0.1) is 0 Å². The maximum absolute atomic E-state index is 11.9. The topological polar surface area (TPSA) is 84.6 Å². The van der Waals surface area contributed by atoms with Crippen LogP contribution in [0.4, 0.5) is 0 Å². The number of hydrogen-bond donors (Lipinski definition) is 3. The van der Waals surface area contributed by atoms with Crippen molar-refractivity contribution in [2.75, 3.05) is 13.7 Å². The minimum absolute atomic E-state index is 0.0301. The minimum atomic E-state index is -0.292. The molecular weight excluding hydrogens is 232 g/mol. The number of aromatic hydroxyl groups is 1. The van der Waals surface area contributed by atoms with E-state index in [2.05, 4.69) is 5.32 Å². The molecule has 1 aromatic rings. The monoisotopic (exact) mass is 252 g/mol. The van der Waals surface area contributed by atoms with Crippen molar-refractivity contribution in [1.29, 1.82) is 0 Å². The van der Waals surface area contributed by atoms with Crippen LogP contribution in [0, 0.1) is 0 Å². The van der Waals surface area contributed by atoms with E-state index in [1.54, 1.807) is 12.1 Å². The van der Waals surface area contributed by atoms with Crippen molar-refractivity contribution in [2.24, 2.45) is 5.73 Å². The number of rotatable bonds is 6. The molecule has 0 aliphatic carbocycles. The number of amides is 1. The number of phenolic OH excluding ortho intramolecular Hbond substituents is 1. The Morgan fingerprint density at radius 3 is 2.83 bits per heavy atom. The van der Waals surface area contributed by atoms with E-state index in [0.717, 1.165) is 12.8 Å². The van der Waals surface area contributed by atoms with Crippen LogP contribution < -0.4 is 15.8 Å². The van der Waals surface area contributed by atoms with E-state index in [0.29, 0.717) is 12.3 Å². The number of phenols is 1. The molecule has 0 aliphatic rings. The van der Waals surface area contributed by atoms with Crippen LogP contribution in [0.2, 0.25) is 0 Å². The molecule has 100 valence electrons. The van der Waals surface area contributed by atoms with Crippen LogP contribution in [-0.2, 0) is 0 Å². The summed E-state index contributed by atoms with van der Waals surface area (Å²) in [5.74, 6) is 0.137. The molecule has 1 rings (SSSR count). The van der Waals surface area contributed by atoms with Gasteiger partial charge in [0.2, 0.25) is 0 Å². The van der Waals surface area contributed by atoms with Gasteiger partial charge in [0.1, 0.15) is 11.5 Å². The molecular formula is C13H20N2O3. The maximum atomic E-state index is 11.9. The van der Waals surface area contributed by atoms with Crippen molar-refractivity contribution in [2.45, 2.75) is 25.8 Å². The Bertz CT molecular complexity index is 407. The largest absolute Gasteiger partial charge is 0.507 e. The molecule has 0 bridgehead atoms. The lowest BCUT2D eigenvalue weighted by Gasteiger charge is -2.14. The number of methoxy groups -OCH3 is 1. The third-order valence-electron chi connectivity index (χ3n) is 2.67. The number of carbonyl (C=O) groups excluding carboxylic acids is 1. The minimum Gasteiger partial charge on any atom is -0.507 e. The van der Waals surface area contributed by atoms with Crippen LogP contribution >= 0.6 is 0 Å². The first-order valence-electron chi connectivity index (χ1n) is 5.96. The molecule has 0 aliphatic heterocycles. The van der Waals surface area contributed by atoms with E-state index in [1.807, 2.05) is 6.92 Å². The summed E-state index contributed by atoms with van der Waals surface area (Å²) in [5, 5.41) is 12.5. The molecule has 4 N–H and O–H groups in total. The molecule has 1 aromatic carbocycles. The average Bonchev–Trinajstić information content (AvgIpc) is 2.35. The number of benzene rings is 1. The standard InChI is InChI=1S/C13H20N2O3/c1-9(4-3-7-14)15-13(17)11-6-5-10(18-2)8-12(11)16/h5-6,8-9,16H,3-4,7,14H2,1-2H3,(H,15,17). The third-order valence-corrected chi connectivity index (χ3v) is 2.67. The highest BCUT2D eigenvalue weighted by Gasteiger charge is 2.14. The van der Waals surface area contributed by atoms with Gasteiger partial charge in [-0.3, -0.25) is 4.79 Å². The van der Waals surface area contributed by atoms with Gasteiger partial charge in [0.15, 0.2) is 0 Å². The van der Waals surface area contributed by atoms with Crippen LogP contribution in [0.15, 0.2) is 18.2 Å². The van der Waals surface area contributed by atoms with Crippen LogP contribution in [0.1, 0.15) is 30.1 Å². The Kier molecular flexibility index (Phi) is 5.45. The smallest absolute Gasteiger partial charge is 0.255 e. The zero-order valence-corrected chi connectivity index (χ0v) is 10.8. The predicted octanol–water partition coefficient (Wildman–Crippen LogP) is 1.26. The summed E-state index contributed by atoms with van der Waals surface area (Å²) in [6, 6.07) is 4.63. The number of nitrogens with one attached hydrogen (secondary N) is 1. The second-order valence-electron chi connectivity index (χ2n) is 4.19. The van der Waals surface area contributed by atoms with Gasteiger partial charge in [0, 0.05) is 12.1 Å². The fourth-order valence-corrected chi connectivity index (χ4v) is 1.63. The highest BCUT2D eigenvalue weighted by Crippen LogP contribution is 2.23. The zero-order valence-electron chi connectivity index (χ0n) is 10.8. The Balaban J connectivity index is 2.66. The van der Waals surface area contributed by atoms with Crippen molar-refractivity contribution in [3.05, 3.63) is 23.8 Å². The fraction of sp³-hybridized carbons (Fsp3) is 0.462. The van der Waals surface area contributed by atoms with E-state index < -0.39 is 0 Å². The first-order valence-corrected chi connectivity index (χ1v) is 5.96. The lowest BCUT2D eigenvalue weighted by Crippen LogP contribution is -2.32. The molecule has 0 saturated heterocycles. The lowest BCUT2D eigenvalue weighted by atomic mass is 10.1. The zero-order chi connectivity index (χ0) is 13.5. The SMILES string of the molecule is COc1ccc(C(=O)NC(C)CCCN)c(O)c1. The number of ether oxygens (including phenoxy) is 1. The molecule has 18 heavy (non-hydrogen) atoms. The van der Waals surface area contributed by atoms with Gasteiger partial charge >= 0.3 is 0 Å². The van der Waals surface area contributed by atoms with Gasteiger partial charge in [-0.05, 0) is 38.4 Å². The van der Waals surface area contributed by atoms with Crippen LogP contribution in [0.3, 0.4) is 0 Å². The molecule has 5 heteroatoms. The van der Waals surface area contributed by atoms with E-state index in [9.17, 15) is 9.90 Å². The van der Waals surface area contributed by atoms with Crippen molar-refractivity contribution >= 4 is 5.91 Å². The first kappa shape index (κ1) is 14.3.